The lowest BCUT2D eigenvalue weighted by molar-refractivity contribution is 0.379. The van der Waals surface area contributed by atoms with Crippen LogP contribution in [0.5, 0.6) is 11.5 Å². The van der Waals surface area contributed by atoms with Gasteiger partial charge in [0.1, 0.15) is 5.75 Å². The standard InChI is InChI=1S/C8H8ClFO4S/c1-14-8-3-7(11)5(2-6(8)10)4-15(9,12)13/h2-3,11H,4H2,1H3. The van der Waals surface area contributed by atoms with E-state index in [0.717, 1.165) is 12.1 Å². The summed E-state index contributed by atoms with van der Waals surface area (Å²) < 4.78 is 39.2. The Balaban J connectivity index is 3.17. The number of benzene rings is 1. The van der Waals surface area contributed by atoms with Crippen molar-refractivity contribution < 1.29 is 22.7 Å². The average Bonchev–Trinajstić information content (AvgIpc) is 2.08. The van der Waals surface area contributed by atoms with Gasteiger partial charge in [-0.25, -0.2) is 12.8 Å². The van der Waals surface area contributed by atoms with Crippen molar-refractivity contribution in [2.24, 2.45) is 0 Å². The molecule has 0 spiro atoms. The van der Waals surface area contributed by atoms with Gasteiger partial charge in [-0.05, 0) is 6.07 Å². The van der Waals surface area contributed by atoms with E-state index >= 15 is 0 Å². The average molecular weight is 255 g/mol. The third-order valence-electron chi connectivity index (χ3n) is 1.68. The van der Waals surface area contributed by atoms with Crippen LogP contribution in [-0.2, 0) is 14.8 Å². The predicted octanol–water partition coefficient (Wildman–Crippen LogP) is 1.61. The van der Waals surface area contributed by atoms with Crippen LogP contribution in [0, 0.1) is 5.82 Å². The molecule has 0 radical (unpaired) electrons. The zero-order chi connectivity index (χ0) is 11.6. The van der Waals surface area contributed by atoms with E-state index < -0.39 is 20.6 Å². The van der Waals surface area contributed by atoms with Gasteiger partial charge < -0.3 is 9.84 Å². The number of hydrogen-bond acceptors (Lipinski definition) is 4. The fraction of sp³-hybridized carbons (Fsp3) is 0.250. The molecule has 1 N–H and O–H groups in total. The van der Waals surface area contributed by atoms with E-state index in [0.29, 0.717) is 0 Å². The first-order valence-electron chi connectivity index (χ1n) is 3.81. The number of ether oxygens (including phenoxy) is 1. The first-order valence-corrected chi connectivity index (χ1v) is 6.29. The van der Waals surface area contributed by atoms with Crippen LogP contribution in [0.1, 0.15) is 5.56 Å². The molecule has 0 atom stereocenters. The second-order valence-corrected chi connectivity index (χ2v) is 5.58. The van der Waals surface area contributed by atoms with Crippen LogP contribution in [0.25, 0.3) is 0 Å². The first-order chi connectivity index (χ1) is 6.83. The summed E-state index contributed by atoms with van der Waals surface area (Å²) in [7, 11) is 2.37. The van der Waals surface area contributed by atoms with Crippen molar-refractivity contribution in [1.29, 1.82) is 0 Å². The summed E-state index contributed by atoms with van der Waals surface area (Å²) in [4.78, 5) is 0. The van der Waals surface area contributed by atoms with Crippen molar-refractivity contribution in [3.8, 4) is 11.5 Å². The molecule has 0 saturated carbocycles. The number of rotatable bonds is 3. The number of methoxy groups -OCH3 is 1. The molecule has 0 fully saturated rings. The zero-order valence-electron chi connectivity index (χ0n) is 7.70. The lowest BCUT2D eigenvalue weighted by Gasteiger charge is -2.06. The summed E-state index contributed by atoms with van der Waals surface area (Å²) in [6, 6.07) is 1.86. The fourth-order valence-corrected chi connectivity index (χ4v) is 2.00. The molecule has 0 bridgehead atoms. The summed E-state index contributed by atoms with van der Waals surface area (Å²) in [6.07, 6.45) is 0. The Hall–Kier alpha value is -1.01. The van der Waals surface area contributed by atoms with Crippen molar-refractivity contribution in [2.75, 3.05) is 7.11 Å². The number of aromatic hydroxyl groups is 1. The Kier molecular flexibility index (Phi) is 3.41. The lowest BCUT2D eigenvalue weighted by atomic mass is 10.2. The van der Waals surface area contributed by atoms with Crippen LogP contribution >= 0.6 is 10.7 Å². The normalized spacial score (nSPS) is 11.4. The molecule has 1 rings (SSSR count). The summed E-state index contributed by atoms with van der Waals surface area (Å²) in [5, 5.41) is 9.34. The quantitative estimate of drug-likeness (QED) is 0.833. The molecule has 0 unspecified atom stereocenters. The summed E-state index contributed by atoms with van der Waals surface area (Å²) >= 11 is 0. The van der Waals surface area contributed by atoms with E-state index in [1.807, 2.05) is 0 Å². The van der Waals surface area contributed by atoms with Gasteiger partial charge in [-0.3, -0.25) is 0 Å². The second-order valence-electron chi connectivity index (χ2n) is 2.80. The topological polar surface area (TPSA) is 63.6 Å². The molecule has 0 aliphatic rings. The van der Waals surface area contributed by atoms with Gasteiger partial charge in [0.25, 0.3) is 0 Å². The van der Waals surface area contributed by atoms with Gasteiger partial charge in [0, 0.05) is 22.3 Å². The third-order valence-corrected chi connectivity index (χ3v) is 2.66. The smallest absolute Gasteiger partial charge is 0.236 e. The van der Waals surface area contributed by atoms with Crippen molar-refractivity contribution in [1.82, 2.24) is 0 Å². The molecule has 0 amide bonds. The van der Waals surface area contributed by atoms with E-state index in [1.54, 1.807) is 0 Å². The Labute approximate surface area is 90.7 Å². The molecular formula is C8H8ClFO4S. The fourth-order valence-electron chi connectivity index (χ4n) is 1.04. The van der Waals surface area contributed by atoms with Gasteiger partial charge in [0.15, 0.2) is 11.6 Å². The van der Waals surface area contributed by atoms with Gasteiger partial charge in [0.05, 0.1) is 12.9 Å². The highest BCUT2D eigenvalue weighted by molar-refractivity contribution is 8.13. The lowest BCUT2D eigenvalue weighted by Crippen LogP contribution is -1.98. The van der Waals surface area contributed by atoms with Crippen LogP contribution in [0.4, 0.5) is 4.39 Å². The van der Waals surface area contributed by atoms with Crippen LogP contribution < -0.4 is 4.74 Å². The Morgan fingerprint density at radius 2 is 2.13 bits per heavy atom. The largest absolute Gasteiger partial charge is 0.507 e. The number of phenols is 1. The summed E-state index contributed by atoms with van der Waals surface area (Å²) in [5.74, 6) is -1.94. The van der Waals surface area contributed by atoms with Crippen LogP contribution in [0.15, 0.2) is 12.1 Å². The van der Waals surface area contributed by atoms with Crippen LogP contribution in [0.2, 0.25) is 0 Å². The molecule has 1 aromatic carbocycles. The van der Waals surface area contributed by atoms with Crippen LogP contribution in [0.3, 0.4) is 0 Å². The van der Waals surface area contributed by atoms with Gasteiger partial charge in [-0.15, -0.1) is 0 Å². The molecule has 1 aromatic rings. The molecule has 15 heavy (non-hydrogen) atoms. The minimum atomic E-state index is -3.83. The van der Waals surface area contributed by atoms with Gasteiger partial charge >= 0.3 is 0 Å². The van der Waals surface area contributed by atoms with Gasteiger partial charge in [0.2, 0.25) is 9.05 Å². The van der Waals surface area contributed by atoms with Crippen molar-refractivity contribution in [3.63, 3.8) is 0 Å². The number of halogens is 2. The van der Waals surface area contributed by atoms with E-state index in [-0.39, 0.29) is 17.1 Å². The highest BCUT2D eigenvalue weighted by Gasteiger charge is 2.15. The minimum Gasteiger partial charge on any atom is -0.507 e. The van der Waals surface area contributed by atoms with Gasteiger partial charge in [-0.2, -0.15) is 0 Å². The SMILES string of the molecule is COc1cc(O)c(CS(=O)(=O)Cl)cc1F. The van der Waals surface area contributed by atoms with Crippen molar-refractivity contribution in [3.05, 3.63) is 23.5 Å². The van der Waals surface area contributed by atoms with Crippen LogP contribution in [-0.4, -0.2) is 20.6 Å². The maximum atomic E-state index is 13.1. The summed E-state index contributed by atoms with van der Waals surface area (Å²) in [5.41, 5.74) is -0.108. The molecule has 7 heteroatoms. The number of hydrogen-bond donors (Lipinski definition) is 1. The van der Waals surface area contributed by atoms with E-state index in [4.69, 9.17) is 10.7 Å². The Morgan fingerprint density at radius 3 is 2.60 bits per heavy atom. The summed E-state index contributed by atoms with van der Waals surface area (Å²) in [6.45, 7) is 0. The molecular weight excluding hydrogens is 247 g/mol. The molecule has 0 heterocycles. The van der Waals surface area contributed by atoms with Crippen molar-refractivity contribution in [2.45, 2.75) is 5.75 Å². The highest BCUT2D eigenvalue weighted by Crippen LogP contribution is 2.28. The first kappa shape index (κ1) is 12.1. The monoisotopic (exact) mass is 254 g/mol. The molecule has 0 aliphatic heterocycles. The predicted molar refractivity (Wildman–Crippen MR) is 53.1 cm³/mol. The molecule has 4 nitrogen and oxygen atoms in total. The maximum Gasteiger partial charge on any atom is 0.236 e. The van der Waals surface area contributed by atoms with Gasteiger partial charge in [-0.1, -0.05) is 0 Å². The highest BCUT2D eigenvalue weighted by atomic mass is 35.7. The van der Waals surface area contributed by atoms with E-state index in [1.165, 1.54) is 7.11 Å². The number of phenolic OH excluding ortho intramolecular Hbond substituents is 1. The molecule has 0 aliphatic carbocycles. The van der Waals surface area contributed by atoms with E-state index in [9.17, 15) is 17.9 Å². The minimum absolute atomic E-state index is 0.108. The van der Waals surface area contributed by atoms with E-state index in [2.05, 4.69) is 4.74 Å². The Bertz CT molecular complexity index is 472. The zero-order valence-corrected chi connectivity index (χ0v) is 9.27. The molecule has 84 valence electrons. The third kappa shape index (κ3) is 3.24. The maximum absolute atomic E-state index is 13.1. The molecule has 0 aromatic heterocycles. The molecule has 0 saturated heterocycles. The Morgan fingerprint density at radius 1 is 1.53 bits per heavy atom. The van der Waals surface area contributed by atoms with Crippen molar-refractivity contribution >= 4 is 19.7 Å². The second kappa shape index (κ2) is 4.24.